The number of carbonyl (C=O) groups is 1. The first-order valence-electron chi connectivity index (χ1n) is 7.13. The summed E-state index contributed by atoms with van der Waals surface area (Å²) in [5, 5.41) is 0. The van der Waals surface area contributed by atoms with Gasteiger partial charge in [0.25, 0.3) is 0 Å². The van der Waals surface area contributed by atoms with Crippen LogP contribution < -0.4 is 0 Å². The van der Waals surface area contributed by atoms with Gasteiger partial charge in [-0.2, -0.15) is 0 Å². The maximum absolute atomic E-state index is 12.2. The largest absolute Gasteiger partial charge is 0.446 e. The van der Waals surface area contributed by atoms with Gasteiger partial charge in [0, 0.05) is 6.54 Å². The van der Waals surface area contributed by atoms with Crippen molar-refractivity contribution in [3.05, 3.63) is 53.7 Å². The Morgan fingerprint density at radius 2 is 2.24 bits per heavy atom. The number of aryl methyl sites for hydroxylation is 1. The summed E-state index contributed by atoms with van der Waals surface area (Å²) in [5.41, 5.74) is 1.81. The molecule has 1 amide bonds. The van der Waals surface area contributed by atoms with E-state index in [0.717, 1.165) is 24.1 Å². The quantitative estimate of drug-likeness (QED) is 0.867. The molecule has 0 bridgehead atoms. The number of nitrogens with zero attached hydrogens (tertiary/aromatic N) is 2. The molecular weight excluding hydrogens is 268 g/mol. The minimum atomic E-state index is -0.308. The van der Waals surface area contributed by atoms with Crippen LogP contribution in [0, 0.1) is 6.92 Å². The van der Waals surface area contributed by atoms with Crippen LogP contribution in [0.2, 0.25) is 0 Å². The van der Waals surface area contributed by atoms with Crippen LogP contribution in [0.15, 0.2) is 41.0 Å². The maximum atomic E-state index is 12.2. The minimum absolute atomic E-state index is 0.109. The Hall–Kier alpha value is -2.30. The van der Waals surface area contributed by atoms with Gasteiger partial charge in [0.1, 0.15) is 18.9 Å². The molecule has 1 aromatic heterocycles. The number of ether oxygens (including phenoxy) is 1. The molecule has 0 saturated carbocycles. The zero-order valence-corrected chi connectivity index (χ0v) is 12.0. The first-order valence-corrected chi connectivity index (χ1v) is 7.13. The van der Waals surface area contributed by atoms with E-state index < -0.39 is 0 Å². The van der Waals surface area contributed by atoms with Crippen LogP contribution in [0.5, 0.6) is 0 Å². The summed E-state index contributed by atoms with van der Waals surface area (Å²) >= 11 is 0. The Morgan fingerprint density at radius 3 is 2.95 bits per heavy atom. The molecule has 5 heteroatoms. The number of benzene rings is 1. The van der Waals surface area contributed by atoms with E-state index in [-0.39, 0.29) is 18.7 Å². The van der Waals surface area contributed by atoms with E-state index in [1.54, 1.807) is 11.2 Å². The number of amides is 1. The smallest absolute Gasteiger partial charge is 0.410 e. The summed E-state index contributed by atoms with van der Waals surface area (Å²) < 4.78 is 10.8. The average molecular weight is 286 g/mol. The van der Waals surface area contributed by atoms with Gasteiger partial charge in [0.15, 0.2) is 0 Å². The molecule has 0 radical (unpaired) electrons. The predicted octanol–water partition coefficient (Wildman–Crippen LogP) is 3.46. The number of likely N-dealkylation sites (tertiary alicyclic amines) is 1. The molecule has 1 atom stereocenters. The van der Waals surface area contributed by atoms with Crippen molar-refractivity contribution < 1.29 is 13.9 Å². The van der Waals surface area contributed by atoms with Gasteiger partial charge >= 0.3 is 6.09 Å². The number of hydrogen-bond donors (Lipinski definition) is 0. The number of aromatic nitrogens is 1. The normalized spacial score (nSPS) is 18.0. The van der Waals surface area contributed by atoms with E-state index in [1.165, 1.54) is 0 Å². The van der Waals surface area contributed by atoms with Gasteiger partial charge in [-0.3, -0.25) is 4.90 Å². The molecule has 0 aliphatic carbocycles. The third-order valence-electron chi connectivity index (χ3n) is 3.61. The summed E-state index contributed by atoms with van der Waals surface area (Å²) in [5.74, 6) is 0.599. The number of carbonyl (C=O) groups excluding carboxylic acids is 1. The van der Waals surface area contributed by atoms with Crippen molar-refractivity contribution in [2.75, 3.05) is 6.54 Å². The molecule has 21 heavy (non-hydrogen) atoms. The Balaban J connectivity index is 1.63. The number of rotatable bonds is 3. The molecular formula is C16H18N2O3. The van der Waals surface area contributed by atoms with Crippen LogP contribution in [-0.4, -0.2) is 22.5 Å². The van der Waals surface area contributed by atoms with E-state index in [4.69, 9.17) is 9.15 Å². The molecule has 0 unspecified atom stereocenters. The lowest BCUT2D eigenvalue weighted by atomic mass is 10.2. The van der Waals surface area contributed by atoms with Crippen molar-refractivity contribution in [1.82, 2.24) is 9.88 Å². The fraction of sp³-hybridized carbons (Fsp3) is 0.375. The third-order valence-corrected chi connectivity index (χ3v) is 3.61. The first-order chi connectivity index (χ1) is 10.2. The third kappa shape index (κ3) is 3.07. The van der Waals surface area contributed by atoms with Gasteiger partial charge in [-0.05, 0) is 25.3 Å². The molecule has 3 rings (SSSR count). The Kier molecular flexibility index (Phi) is 3.90. The first kappa shape index (κ1) is 13.7. The van der Waals surface area contributed by atoms with Crippen LogP contribution in [0.25, 0.3) is 0 Å². The lowest BCUT2D eigenvalue weighted by molar-refractivity contribution is 0.0878. The van der Waals surface area contributed by atoms with Crippen LogP contribution in [0.4, 0.5) is 4.79 Å². The second-order valence-electron chi connectivity index (χ2n) is 5.22. The van der Waals surface area contributed by atoms with Gasteiger partial charge < -0.3 is 9.15 Å². The van der Waals surface area contributed by atoms with Gasteiger partial charge in [0.05, 0.1) is 5.69 Å². The van der Waals surface area contributed by atoms with E-state index >= 15 is 0 Å². The van der Waals surface area contributed by atoms with Crippen LogP contribution in [0.1, 0.15) is 36.0 Å². The van der Waals surface area contributed by atoms with Gasteiger partial charge in [-0.25, -0.2) is 9.78 Å². The summed E-state index contributed by atoms with van der Waals surface area (Å²) in [4.78, 5) is 18.3. The zero-order chi connectivity index (χ0) is 14.7. The Bertz CT molecular complexity index is 609. The predicted molar refractivity (Wildman–Crippen MR) is 76.5 cm³/mol. The summed E-state index contributed by atoms with van der Waals surface area (Å²) in [6.07, 6.45) is 3.10. The minimum Gasteiger partial charge on any atom is -0.446 e. The summed E-state index contributed by atoms with van der Waals surface area (Å²) in [7, 11) is 0. The number of oxazole rings is 1. The van der Waals surface area contributed by atoms with E-state index in [1.807, 2.05) is 37.3 Å². The van der Waals surface area contributed by atoms with E-state index in [9.17, 15) is 4.79 Å². The Morgan fingerprint density at radius 1 is 1.43 bits per heavy atom. The highest BCUT2D eigenvalue weighted by Gasteiger charge is 2.34. The maximum Gasteiger partial charge on any atom is 0.410 e. The molecule has 5 nitrogen and oxygen atoms in total. The van der Waals surface area contributed by atoms with Crippen molar-refractivity contribution in [3.8, 4) is 0 Å². The molecule has 1 aliphatic rings. The zero-order valence-electron chi connectivity index (χ0n) is 12.0. The van der Waals surface area contributed by atoms with Crippen LogP contribution >= 0.6 is 0 Å². The molecule has 1 aliphatic heterocycles. The second kappa shape index (κ2) is 5.99. The second-order valence-corrected chi connectivity index (χ2v) is 5.22. The van der Waals surface area contributed by atoms with E-state index in [2.05, 4.69) is 4.98 Å². The lowest BCUT2D eigenvalue weighted by Gasteiger charge is -2.21. The number of hydrogen-bond acceptors (Lipinski definition) is 4. The van der Waals surface area contributed by atoms with Crippen molar-refractivity contribution in [1.29, 1.82) is 0 Å². The van der Waals surface area contributed by atoms with Crippen molar-refractivity contribution in [2.45, 2.75) is 32.4 Å². The van der Waals surface area contributed by atoms with Crippen LogP contribution in [0.3, 0.4) is 0 Å². The molecule has 1 aromatic carbocycles. The van der Waals surface area contributed by atoms with Crippen molar-refractivity contribution in [3.63, 3.8) is 0 Å². The van der Waals surface area contributed by atoms with Gasteiger partial charge in [-0.15, -0.1) is 0 Å². The summed E-state index contributed by atoms with van der Waals surface area (Å²) in [6, 6.07) is 9.56. The van der Waals surface area contributed by atoms with Crippen molar-refractivity contribution in [2.24, 2.45) is 0 Å². The molecule has 1 saturated heterocycles. The average Bonchev–Trinajstić information content (AvgIpc) is 3.14. The molecule has 0 N–H and O–H groups in total. The SMILES string of the molecule is Cc1coc([C@H]2CCCN2C(=O)OCc2ccccc2)n1. The summed E-state index contributed by atoms with van der Waals surface area (Å²) in [6.45, 7) is 2.84. The fourth-order valence-corrected chi connectivity index (χ4v) is 2.57. The van der Waals surface area contributed by atoms with Gasteiger partial charge in [0.2, 0.25) is 5.89 Å². The molecule has 110 valence electrons. The monoisotopic (exact) mass is 286 g/mol. The van der Waals surface area contributed by atoms with Crippen LogP contribution in [-0.2, 0) is 11.3 Å². The molecule has 1 fully saturated rings. The fourth-order valence-electron chi connectivity index (χ4n) is 2.57. The standard InChI is InChI=1S/C16H18N2O3/c1-12-10-20-15(17-12)14-8-5-9-18(14)16(19)21-11-13-6-3-2-4-7-13/h2-4,6-7,10,14H,5,8-9,11H2,1H3/t14-/m1/s1. The highest BCUT2D eigenvalue weighted by Crippen LogP contribution is 2.31. The molecule has 2 heterocycles. The Labute approximate surface area is 123 Å². The lowest BCUT2D eigenvalue weighted by Crippen LogP contribution is -2.31. The highest BCUT2D eigenvalue weighted by atomic mass is 16.6. The highest BCUT2D eigenvalue weighted by molar-refractivity contribution is 5.68. The van der Waals surface area contributed by atoms with Crippen molar-refractivity contribution >= 4 is 6.09 Å². The van der Waals surface area contributed by atoms with Gasteiger partial charge in [-0.1, -0.05) is 30.3 Å². The van der Waals surface area contributed by atoms with E-state index in [0.29, 0.717) is 12.4 Å². The molecule has 0 spiro atoms. The topological polar surface area (TPSA) is 55.6 Å². The molecule has 2 aromatic rings.